The minimum Gasteiger partial charge on any atom is -0.352 e. The predicted octanol–water partition coefficient (Wildman–Crippen LogP) is 1.36. The summed E-state index contributed by atoms with van der Waals surface area (Å²) in [5.41, 5.74) is 1.01. The summed E-state index contributed by atoms with van der Waals surface area (Å²) >= 11 is 0. The highest BCUT2D eigenvalue weighted by Gasteiger charge is 2.21. The van der Waals surface area contributed by atoms with E-state index in [1.807, 2.05) is 0 Å². The molecule has 1 aliphatic heterocycles. The smallest absolute Gasteiger partial charge is 0.151 e. The molecule has 2 heterocycles. The summed E-state index contributed by atoms with van der Waals surface area (Å²) in [5, 5.41) is 12.1. The Morgan fingerprint density at radius 2 is 2.10 bits per heavy atom. The van der Waals surface area contributed by atoms with Crippen LogP contribution in [0.2, 0.25) is 0 Å². The van der Waals surface area contributed by atoms with Crippen LogP contribution in [0.25, 0.3) is 0 Å². The van der Waals surface area contributed by atoms with Gasteiger partial charge in [0.15, 0.2) is 5.82 Å². The van der Waals surface area contributed by atoms with Crippen molar-refractivity contribution < 1.29 is 0 Å². The van der Waals surface area contributed by atoms with Crippen LogP contribution in [0.1, 0.15) is 26.5 Å². The van der Waals surface area contributed by atoms with Gasteiger partial charge in [-0.2, -0.15) is 5.10 Å². The fourth-order valence-corrected chi connectivity index (χ4v) is 2.36. The highest BCUT2D eigenvalue weighted by molar-refractivity contribution is 5.38. The van der Waals surface area contributed by atoms with Gasteiger partial charge in [-0.15, -0.1) is 5.10 Å². The molecule has 2 rings (SSSR count). The maximum absolute atomic E-state index is 4.38. The maximum atomic E-state index is 4.38. The summed E-state index contributed by atoms with van der Waals surface area (Å²) in [6, 6.07) is 4.74. The first-order chi connectivity index (χ1) is 9.56. The molecule has 1 saturated heterocycles. The largest absolute Gasteiger partial charge is 0.352 e. The summed E-state index contributed by atoms with van der Waals surface area (Å²) in [6.45, 7) is 11.6. The molecule has 1 N–H and O–H groups in total. The van der Waals surface area contributed by atoms with Gasteiger partial charge in [0.1, 0.15) is 0 Å². The molecule has 0 amide bonds. The van der Waals surface area contributed by atoms with E-state index in [4.69, 9.17) is 0 Å². The number of rotatable bonds is 5. The van der Waals surface area contributed by atoms with Gasteiger partial charge in [0.05, 0.1) is 5.69 Å². The fourth-order valence-electron chi connectivity index (χ4n) is 2.36. The third-order valence-electron chi connectivity index (χ3n) is 3.85. The molecule has 0 saturated carbocycles. The van der Waals surface area contributed by atoms with Gasteiger partial charge in [-0.25, -0.2) is 0 Å². The summed E-state index contributed by atoms with van der Waals surface area (Å²) in [7, 11) is 2.18. The summed E-state index contributed by atoms with van der Waals surface area (Å²) < 4.78 is 0. The second-order valence-electron chi connectivity index (χ2n) is 6.18. The summed E-state index contributed by atoms with van der Waals surface area (Å²) in [5.74, 6) is 1.66. The number of likely N-dealkylation sites (N-methyl/N-ethyl adjacent to an activating group) is 1. The van der Waals surface area contributed by atoms with Crippen molar-refractivity contribution in [2.45, 2.75) is 33.4 Å². The van der Waals surface area contributed by atoms with E-state index in [0.29, 0.717) is 12.0 Å². The second kappa shape index (κ2) is 6.99. The second-order valence-corrected chi connectivity index (χ2v) is 6.18. The molecule has 0 aromatic carbocycles. The Bertz CT molecular complexity index is 403. The zero-order chi connectivity index (χ0) is 14.5. The summed E-state index contributed by atoms with van der Waals surface area (Å²) in [4.78, 5) is 4.71. The molecule has 1 atom stereocenters. The maximum Gasteiger partial charge on any atom is 0.151 e. The first kappa shape index (κ1) is 15.2. The third-order valence-corrected chi connectivity index (χ3v) is 3.85. The van der Waals surface area contributed by atoms with Crippen molar-refractivity contribution in [3.63, 3.8) is 0 Å². The van der Waals surface area contributed by atoms with Crippen LogP contribution in [0.4, 0.5) is 5.82 Å². The highest BCUT2D eigenvalue weighted by Crippen LogP contribution is 2.15. The first-order valence-corrected chi connectivity index (χ1v) is 7.54. The van der Waals surface area contributed by atoms with Crippen LogP contribution in [-0.2, 0) is 6.54 Å². The normalized spacial score (nSPS) is 20.6. The molecule has 5 heteroatoms. The molecule has 1 aromatic heterocycles. The van der Waals surface area contributed by atoms with E-state index < -0.39 is 0 Å². The Labute approximate surface area is 122 Å². The van der Waals surface area contributed by atoms with Gasteiger partial charge >= 0.3 is 0 Å². The minimum atomic E-state index is 0.568. The number of nitrogens with zero attached hydrogens (tertiary/aromatic N) is 4. The number of anilines is 1. The van der Waals surface area contributed by atoms with Crippen molar-refractivity contribution in [1.82, 2.24) is 20.4 Å². The molecular formula is C15H27N5. The molecule has 1 unspecified atom stereocenters. The monoisotopic (exact) mass is 277 g/mol. The molecule has 112 valence electrons. The average molecular weight is 277 g/mol. The topological polar surface area (TPSA) is 44.3 Å². The van der Waals surface area contributed by atoms with Gasteiger partial charge in [0.25, 0.3) is 0 Å². The lowest BCUT2D eigenvalue weighted by molar-refractivity contribution is 0.233. The van der Waals surface area contributed by atoms with Crippen molar-refractivity contribution in [3.05, 3.63) is 17.8 Å². The third kappa shape index (κ3) is 4.15. The molecule has 0 spiro atoms. The number of hydrogen-bond donors (Lipinski definition) is 1. The Morgan fingerprint density at radius 3 is 2.70 bits per heavy atom. The molecule has 20 heavy (non-hydrogen) atoms. The van der Waals surface area contributed by atoms with E-state index in [9.17, 15) is 0 Å². The summed E-state index contributed by atoms with van der Waals surface area (Å²) in [6.07, 6.45) is 0. The van der Waals surface area contributed by atoms with Gasteiger partial charge in [-0.1, -0.05) is 13.8 Å². The molecule has 0 radical (unpaired) electrons. The zero-order valence-corrected chi connectivity index (χ0v) is 13.1. The lowest BCUT2D eigenvalue weighted by Gasteiger charge is -2.38. The molecule has 0 bridgehead atoms. The molecule has 5 nitrogen and oxygen atoms in total. The van der Waals surface area contributed by atoms with E-state index in [1.54, 1.807) is 0 Å². The Balaban J connectivity index is 1.88. The van der Waals surface area contributed by atoms with E-state index in [-0.39, 0.29) is 0 Å². The quantitative estimate of drug-likeness (QED) is 0.880. The van der Waals surface area contributed by atoms with Crippen LogP contribution in [0.3, 0.4) is 0 Å². The van der Waals surface area contributed by atoms with Gasteiger partial charge < -0.3 is 15.1 Å². The zero-order valence-electron chi connectivity index (χ0n) is 13.1. The van der Waals surface area contributed by atoms with Gasteiger partial charge in [-0.05, 0) is 38.6 Å². The van der Waals surface area contributed by atoms with Gasteiger partial charge in [0.2, 0.25) is 0 Å². The number of nitrogens with one attached hydrogen (secondary N) is 1. The van der Waals surface area contributed by atoms with Crippen LogP contribution in [0.5, 0.6) is 0 Å². The molecule has 1 aliphatic rings. The van der Waals surface area contributed by atoms with Crippen LogP contribution in [0.15, 0.2) is 12.1 Å². The molecular weight excluding hydrogens is 250 g/mol. The Kier molecular flexibility index (Phi) is 5.31. The lowest BCUT2D eigenvalue weighted by atomic mass is 10.2. The van der Waals surface area contributed by atoms with E-state index >= 15 is 0 Å². The van der Waals surface area contributed by atoms with Crippen molar-refractivity contribution in [2.75, 3.05) is 38.1 Å². The van der Waals surface area contributed by atoms with Crippen molar-refractivity contribution in [3.8, 4) is 0 Å². The van der Waals surface area contributed by atoms with Crippen molar-refractivity contribution >= 4 is 5.82 Å². The standard InChI is InChI=1S/C15H27N5/c1-12(2)9-16-10-14-5-6-15(18-17-14)20-8-7-19(4)13(3)11-20/h5-6,12-13,16H,7-11H2,1-4H3. The predicted molar refractivity (Wildman–Crippen MR) is 82.9 cm³/mol. The van der Waals surface area contributed by atoms with Crippen LogP contribution >= 0.6 is 0 Å². The molecule has 1 aromatic rings. The average Bonchev–Trinajstić information content (AvgIpc) is 2.42. The van der Waals surface area contributed by atoms with Crippen molar-refractivity contribution in [1.29, 1.82) is 0 Å². The lowest BCUT2D eigenvalue weighted by Crippen LogP contribution is -2.50. The SMILES string of the molecule is CC(C)CNCc1ccc(N2CCN(C)C(C)C2)nn1. The fraction of sp³-hybridized carbons (Fsp3) is 0.733. The van der Waals surface area contributed by atoms with Gasteiger partial charge in [0, 0.05) is 32.2 Å². The first-order valence-electron chi connectivity index (χ1n) is 7.54. The number of piperazine rings is 1. The minimum absolute atomic E-state index is 0.568. The van der Waals surface area contributed by atoms with E-state index in [2.05, 4.69) is 65.3 Å². The number of hydrogen-bond acceptors (Lipinski definition) is 5. The van der Waals surface area contributed by atoms with Crippen molar-refractivity contribution in [2.24, 2.45) is 5.92 Å². The van der Waals surface area contributed by atoms with E-state index in [0.717, 1.165) is 44.2 Å². The van der Waals surface area contributed by atoms with Crippen LogP contribution in [-0.4, -0.2) is 54.4 Å². The van der Waals surface area contributed by atoms with Gasteiger partial charge in [-0.3, -0.25) is 0 Å². The highest BCUT2D eigenvalue weighted by atomic mass is 15.3. The Morgan fingerprint density at radius 1 is 1.30 bits per heavy atom. The van der Waals surface area contributed by atoms with Crippen LogP contribution in [0, 0.1) is 5.92 Å². The number of aromatic nitrogens is 2. The Hall–Kier alpha value is -1.20. The molecule has 1 fully saturated rings. The molecule has 0 aliphatic carbocycles. The van der Waals surface area contributed by atoms with Crippen LogP contribution < -0.4 is 10.2 Å². The van der Waals surface area contributed by atoms with E-state index in [1.165, 1.54) is 0 Å².